The van der Waals surface area contributed by atoms with Gasteiger partial charge in [0.1, 0.15) is 0 Å². The van der Waals surface area contributed by atoms with Gasteiger partial charge in [0, 0.05) is 0 Å². The molecule has 0 radical (unpaired) electrons. The second-order valence-electron chi connectivity index (χ2n) is 11.7. The van der Waals surface area contributed by atoms with E-state index < -0.39 is 24.0 Å². The van der Waals surface area contributed by atoms with E-state index in [-0.39, 0.29) is 24.8 Å². The Morgan fingerprint density at radius 3 is 1.92 bits per heavy atom. The molecule has 215 valence electrons. The summed E-state index contributed by atoms with van der Waals surface area (Å²) in [6.45, 7) is 13.7. The van der Waals surface area contributed by atoms with E-state index in [4.69, 9.17) is 0 Å². The van der Waals surface area contributed by atoms with Gasteiger partial charge in [-0.15, -0.1) is 0 Å². The Kier molecular flexibility index (Phi) is 21.5. The summed E-state index contributed by atoms with van der Waals surface area (Å²) in [6, 6.07) is 0. The van der Waals surface area contributed by atoms with Crippen LogP contribution < -0.4 is 28.6 Å². The van der Waals surface area contributed by atoms with E-state index in [9.17, 15) is 4.79 Å². The number of hydrogen-bond acceptors (Lipinski definition) is 1. The number of unbranched alkanes of at least 4 members (excludes halogenated alkanes) is 8. The quantitative estimate of drug-likeness (QED) is 0.199. The molecule has 6 heteroatoms. The van der Waals surface area contributed by atoms with E-state index in [1.54, 1.807) is 20.6 Å². The molecule has 0 aromatic rings. The van der Waals surface area contributed by atoms with Crippen molar-refractivity contribution in [1.29, 1.82) is 0 Å². The van der Waals surface area contributed by atoms with Crippen LogP contribution in [0.1, 0.15) is 143 Å². The molecular weight excluding hydrogens is 549 g/mol. The van der Waals surface area contributed by atoms with Crippen molar-refractivity contribution < 1.29 is 47.0 Å². The molecule has 2 aliphatic carbocycles. The Hall–Kier alpha value is 0.461. The summed E-state index contributed by atoms with van der Waals surface area (Å²) in [5, 5.41) is 0. The van der Waals surface area contributed by atoms with Gasteiger partial charge >= 0.3 is 227 Å². The molecule has 1 saturated carbocycles. The summed E-state index contributed by atoms with van der Waals surface area (Å²) in [7, 11) is 0. The maximum atomic E-state index is 13.4. The van der Waals surface area contributed by atoms with Crippen LogP contribution in [0.3, 0.4) is 0 Å². The SMILES string of the molecule is CCCCCCCCC1=C(CCCCCC)C(CC)=[C]([Ti+2]([NH]C(=O)C2CCCCC2)[SiH](C)C)C1C.[Cl-].[Cl-]. The monoisotopic (exact) mass is 606 g/mol. The smallest absolute Gasteiger partial charge is 1.00 e. The van der Waals surface area contributed by atoms with Gasteiger partial charge in [-0.3, -0.25) is 0 Å². The first kappa shape index (κ1) is 37.5. The Balaban J connectivity index is 0.00000648. The molecule has 1 amide bonds. The number of allylic oxidation sites excluding steroid dienone is 4. The summed E-state index contributed by atoms with van der Waals surface area (Å²) in [6.07, 6.45) is 23.5. The number of nitrogens with one attached hydrogen (secondary N) is 1. The van der Waals surface area contributed by atoms with Crippen LogP contribution in [0.25, 0.3) is 0 Å². The fourth-order valence-corrected chi connectivity index (χ4v) is 17.0. The second kappa shape index (κ2) is 21.2. The second-order valence-corrected chi connectivity index (χ2v) is 24.3. The number of hydrogen-bond donors (Lipinski definition) is 1. The first-order valence-electron chi connectivity index (χ1n) is 15.6. The van der Waals surface area contributed by atoms with Gasteiger partial charge in [-0.2, -0.15) is 0 Å². The van der Waals surface area contributed by atoms with Gasteiger partial charge in [0.25, 0.3) is 0 Å². The number of rotatable bonds is 17. The van der Waals surface area contributed by atoms with Crippen LogP contribution in [0.2, 0.25) is 13.1 Å². The van der Waals surface area contributed by atoms with Crippen LogP contribution in [0.15, 0.2) is 20.6 Å². The molecule has 0 aromatic carbocycles. The van der Waals surface area contributed by atoms with Crippen LogP contribution in [0.5, 0.6) is 0 Å². The molecule has 37 heavy (non-hydrogen) atoms. The maximum absolute atomic E-state index is 13.4. The van der Waals surface area contributed by atoms with Crippen molar-refractivity contribution in [2.75, 3.05) is 0 Å². The van der Waals surface area contributed by atoms with Crippen LogP contribution in [-0.4, -0.2) is 12.6 Å². The van der Waals surface area contributed by atoms with Gasteiger partial charge in [-0.1, -0.05) is 0 Å². The zero-order chi connectivity index (χ0) is 25.6. The van der Waals surface area contributed by atoms with E-state index in [0.29, 0.717) is 17.7 Å². The Labute approximate surface area is 250 Å². The minimum Gasteiger partial charge on any atom is -1.00 e. The summed E-state index contributed by atoms with van der Waals surface area (Å²) < 4.78 is 5.63. The molecule has 2 nitrogen and oxygen atoms in total. The predicted molar refractivity (Wildman–Crippen MR) is 154 cm³/mol. The maximum Gasteiger partial charge on any atom is -1.00 e. The van der Waals surface area contributed by atoms with Crippen molar-refractivity contribution in [3.05, 3.63) is 20.6 Å². The third kappa shape index (κ3) is 11.8. The van der Waals surface area contributed by atoms with Gasteiger partial charge in [-0.25, -0.2) is 0 Å². The van der Waals surface area contributed by atoms with Crippen LogP contribution >= 0.6 is 0 Å². The van der Waals surface area contributed by atoms with Gasteiger partial charge in [-0.05, 0) is 0 Å². The third-order valence-electron chi connectivity index (χ3n) is 8.57. The topological polar surface area (TPSA) is 29.1 Å². The van der Waals surface area contributed by atoms with E-state index in [1.165, 1.54) is 103 Å². The van der Waals surface area contributed by atoms with Crippen molar-refractivity contribution in [3.8, 4) is 0 Å². The standard InChI is InChI=1S/C22H39.C7H13NO.C2H7Si.2ClH.Ti/c1-5-8-10-12-13-15-16-21-19(4)18-20(7-3)22(21)17-14-11-9-6-2;8-7(9)6-4-2-1-3-5-6;1-3-2;;;/h19H,5-17H2,1-4H3;6H,1-5H2,(H2,8,9);3H,1-2H3;2*1H;/q;;;;;+3/p-3. The number of carbonyl (C=O) groups is 1. The largest absolute Gasteiger partial charge is 1.00 e. The fourth-order valence-electron chi connectivity index (χ4n) is 6.48. The minimum atomic E-state index is -1.77. The molecule has 0 saturated heterocycles. The van der Waals surface area contributed by atoms with E-state index in [2.05, 4.69) is 44.6 Å². The summed E-state index contributed by atoms with van der Waals surface area (Å²) >= 11 is -1.77. The predicted octanol–water partition coefficient (Wildman–Crippen LogP) is 3.54. The summed E-state index contributed by atoms with van der Waals surface area (Å²) in [5.41, 5.74) is 5.26. The molecule has 0 aromatic heterocycles. The number of amides is 1. The van der Waals surface area contributed by atoms with Crippen LogP contribution in [0.4, 0.5) is 0 Å². The fraction of sp³-hybridized carbons (Fsp3) is 0.839. The molecule has 1 fully saturated rings. The van der Waals surface area contributed by atoms with Gasteiger partial charge in [0.05, 0.1) is 0 Å². The van der Waals surface area contributed by atoms with Gasteiger partial charge in [0.15, 0.2) is 0 Å². The minimum absolute atomic E-state index is 0. The third-order valence-corrected chi connectivity index (χ3v) is 19.9. The molecule has 0 spiro atoms. The van der Waals surface area contributed by atoms with Crippen molar-refractivity contribution >= 4 is 12.6 Å². The molecule has 1 unspecified atom stereocenters. The van der Waals surface area contributed by atoms with Crippen molar-refractivity contribution in [2.24, 2.45) is 11.8 Å². The van der Waals surface area contributed by atoms with Crippen molar-refractivity contribution in [1.82, 2.24) is 3.80 Å². The molecule has 0 bridgehead atoms. The average molecular weight is 608 g/mol. The van der Waals surface area contributed by atoms with E-state index in [1.807, 2.05) is 0 Å². The number of carbonyl (C=O) groups excluding carboxylic acids is 1. The average Bonchev–Trinajstić information content (AvgIpc) is 3.12. The van der Waals surface area contributed by atoms with Crippen LogP contribution in [-0.2, 0) is 22.2 Å². The molecule has 1 atom stereocenters. The molecule has 2 aliphatic rings. The number of halogens is 2. The van der Waals surface area contributed by atoms with Gasteiger partial charge < -0.3 is 24.8 Å². The zero-order valence-electron chi connectivity index (χ0n) is 25.1. The Morgan fingerprint density at radius 1 is 0.811 bits per heavy atom. The normalized spacial score (nSPS) is 18.2. The molecular formula is C31H58Cl2NOSiTi. The molecule has 1 N–H and O–H groups in total. The summed E-state index contributed by atoms with van der Waals surface area (Å²) in [5.74, 6) is 1.33. The van der Waals surface area contributed by atoms with E-state index in [0.717, 1.165) is 12.8 Å². The van der Waals surface area contributed by atoms with Crippen molar-refractivity contribution in [3.63, 3.8) is 0 Å². The first-order valence-corrected chi connectivity index (χ1v) is 22.7. The molecule has 0 heterocycles. The molecule has 2 rings (SSSR count). The first-order chi connectivity index (χ1) is 17.0. The Morgan fingerprint density at radius 2 is 1.35 bits per heavy atom. The van der Waals surface area contributed by atoms with Crippen molar-refractivity contribution in [2.45, 2.75) is 156 Å². The summed E-state index contributed by atoms with van der Waals surface area (Å²) in [4.78, 5) is 13.4. The van der Waals surface area contributed by atoms with E-state index >= 15 is 0 Å². The van der Waals surface area contributed by atoms with Crippen LogP contribution in [0, 0.1) is 11.8 Å². The molecule has 0 aliphatic heterocycles. The van der Waals surface area contributed by atoms with Gasteiger partial charge in [0.2, 0.25) is 0 Å². The Bertz CT molecular complexity index is 703. The zero-order valence-corrected chi connectivity index (χ0v) is 29.4.